The fourth-order valence-corrected chi connectivity index (χ4v) is 2.01. The Morgan fingerprint density at radius 1 is 1.29 bits per heavy atom. The minimum Gasteiger partial charge on any atom is -0.396 e. The quantitative estimate of drug-likeness (QED) is 0.450. The lowest BCUT2D eigenvalue weighted by Crippen LogP contribution is -2.28. The molecule has 0 saturated heterocycles. The van der Waals surface area contributed by atoms with Crippen LogP contribution >= 0.6 is 11.8 Å². The molecule has 7 heteroatoms. The maximum atomic E-state index is 10.5. The highest BCUT2D eigenvalue weighted by atomic mass is 32.2. The van der Waals surface area contributed by atoms with Crippen LogP contribution in [0.3, 0.4) is 0 Å². The molecule has 4 N–H and O–H groups in total. The topological polar surface area (TPSA) is 92.4 Å². The Hall–Kier alpha value is 0.180. The zero-order chi connectivity index (χ0) is 10.9. The summed E-state index contributed by atoms with van der Waals surface area (Å²) in [5, 5.41) is 16.3. The maximum absolute atomic E-state index is 10.5. The average Bonchev–Trinajstić information content (AvgIpc) is 2.08. The summed E-state index contributed by atoms with van der Waals surface area (Å²) in [6.45, 7) is 1.40. The van der Waals surface area contributed by atoms with Gasteiger partial charge in [-0.3, -0.25) is 0 Å². The summed E-state index contributed by atoms with van der Waals surface area (Å²) >= 11 is 1.73. The van der Waals surface area contributed by atoms with E-state index in [0.717, 1.165) is 24.5 Å². The van der Waals surface area contributed by atoms with Gasteiger partial charge in [-0.2, -0.15) is 11.8 Å². The van der Waals surface area contributed by atoms with Crippen molar-refractivity contribution in [2.45, 2.75) is 6.42 Å². The van der Waals surface area contributed by atoms with Crippen molar-refractivity contribution in [3.63, 3.8) is 0 Å². The van der Waals surface area contributed by atoms with Crippen LogP contribution in [0.1, 0.15) is 6.42 Å². The molecule has 0 fully saturated rings. The van der Waals surface area contributed by atoms with Gasteiger partial charge in [-0.15, -0.1) is 0 Å². The van der Waals surface area contributed by atoms with Gasteiger partial charge in [0.25, 0.3) is 0 Å². The number of primary sulfonamides is 1. The Morgan fingerprint density at radius 2 is 2.00 bits per heavy atom. The maximum Gasteiger partial charge on any atom is 0.210 e. The predicted octanol–water partition coefficient (Wildman–Crippen LogP) is -1.02. The zero-order valence-corrected chi connectivity index (χ0v) is 9.74. The number of aliphatic hydroxyl groups is 1. The Bertz CT molecular complexity index is 219. The lowest BCUT2D eigenvalue weighted by atomic mass is 10.5. The van der Waals surface area contributed by atoms with Gasteiger partial charge in [-0.1, -0.05) is 0 Å². The molecule has 86 valence electrons. The molecule has 0 aromatic rings. The van der Waals surface area contributed by atoms with E-state index in [-0.39, 0.29) is 12.4 Å². The monoisotopic (exact) mass is 242 g/mol. The lowest BCUT2D eigenvalue weighted by molar-refractivity contribution is 0.296. The van der Waals surface area contributed by atoms with Crippen molar-refractivity contribution in [3.8, 4) is 0 Å². The van der Waals surface area contributed by atoms with Crippen LogP contribution in [0.15, 0.2) is 0 Å². The van der Waals surface area contributed by atoms with E-state index in [4.69, 9.17) is 10.2 Å². The van der Waals surface area contributed by atoms with Crippen LogP contribution in [0.25, 0.3) is 0 Å². The van der Waals surface area contributed by atoms with Crippen molar-refractivity contribution < 1.29 is 13.5 Å². The van der Waals surface area contributed by atoms with Crippen LogP contribution in [-0.2, 0) is 10.0 Å². The van der Waals surface area contributed by atoms with Gasteiger partial charge in [0.2, 0.25) is 10.0 Å². The molecule has 0 aromatic carbocycles. The minimum absolute atomic E-state index is 0.0195. The Labute approximate surface area is 89.5 Å². The molecule has 14 heavy (non-hydrogen) atoms. The molecule has 0 unspecified atom stereocenters. The number of nitrogens with two attached hydrogens (primary N) is 1. The molecule has 0 aromatic heterocycles. The molecule has 0 heterocycles. The molecular formula is C7H18N2O3S2. The molecule has 5 nitrogen and oxygen atoms in total. The summed E-state index contributed by atoms with van der Waals surface area (Å²) in [7, 11) is -3.33. The first-order valence-electron chi connectivity index (χ1n) is 4.46. The fourth-order valence-electron chi connectivity index (χ4n) is 0.752. The SMILES string of the molecule is NS(=O)(=O)CCNCCSCCCO. The second kappa shape index (κ2) is 8.49. The number of thioether (sulfide) groups is 1. The van der Waals surface area contributed by atoms with Crippen LogP contribution in [0.4, 0.5) is 0 Å². The molecule has 0 aliphatic heterocycles. The van der Waals surface area contributed by atoms with Crippen LogP contribution in [0.2, 0.25) is 0 Å². The first kappa shape index (κ1) is 14.2. The highest BCUT2D eigenvalue weighted by Gasteiger charge is 2.00. The van der Waals surface area contributed by atoms with E-state index < -0.39 is 10.0 Å². The molecule has 0 aliphatic rings. The first-order valence-corrected chi connectivity index (χ1v) is 7.33. The normalized spacial score (nSPS) is 11.9. The smallest absolute Gasteiger partial charge is 0.210 e. The molecule has 0 amide bonds. The summed E-state index contributed by atoms with van der Waals surface area (Å²) in [5.74, 6) is 1.84. The Morgan fingerprint density at radius 3 is 2.57 bits per heavy atom. The zero-order valence-electron chi connectivity index (χ0n) is 8.11. The highest BCUT2D eigenvalue weighted by molar-refractivity contribution is 7.99. The molecule has 0 radical (unpaired) electrons. The van der Waals surface area contributed by atoms with Crippen LogP contribution < -0.4 is 10.5 Å². The van der Waals surface area contributed by atoms with Crippen LogP contribution in [0.5, 0.6) is 0 Å². The van der Waals surface area contributed by atoms with Gasteiger partial charge in [0, 0.05) is 25.4 Å². The predicted molar refractivity (Wildman–Crippen MR) is 59.9 cm³/mol. The summed E-state index contributed by atoms with van der Waals surface area (Å²) in [4.78, 5) is 0. The summed E-state index contributed by atoms with van der Waals surface area (Å²) in [5.41, 5.74) is 0. The van der Waals surface area contributed by atoms with Crippen molar-refractivity contribution >= 4 is 21.8 Å². The van der Waals surface area contributed by atoms with Gasteiger partial charge in [0.15, 0.2) is 0 Å². The van der Waals surface area contributed by atoms with Gasteiger partial charge in [-0.05, 0) is 12.2 Å². The van der Waals surface area contributed by atoms with Gasteiger partial charge in [0.05, 0.1) is 5.75 Å². The second-order valence-corrected chi connectivity index (χ2v) is 5.77. The van der Waals surface area contributed by atoms with Crippen molar-refractivity contribution in [1.82, 2.24) is 5.32 Å². The molecule has 0 rings (SSSR count). The van der Waals surface area contributed by atoms with Crippen LogP contribution in [-0.4, -0.2) is 50.5 Å². The minimum atomic E-state index is -3.33. The van der Waals surface area contributed by atoms with E-state index in [1.807, 2.05) is 0 Å². The molecular weight excluding hydrogens is 224 g/mol. The average molecular weight is 242 g/mol. The van der Waals surface area contributed by atoms with E-state index in [1.165, 1.54) is 0 Å². The summed E-state index contributed by atoms with van der Waals surface area (Å²) < 4.78 is 21.0. The van der Waals surface area contributed by atoms with E-state index in [1.54, 1.807) is 11.8 Å². The largest absolute Gasteiger partial charge is 0.396 e. The van der Waals surface area contributed by atoms with Crippen LogP contribution in [0, 0.1) is 0 Å². The molecule has 0 spiro atoms. The first-order chi connectivity index (χ1) is 6.56. The summed E-state index contributed by atoms with van der Waals surface area (Å²) in [6.07, 6.45) is 0.807. The lowest BCUT2D eigenvalue weighted by Gasteiger charge is -2.03. The van der Waals surface area contributed by atoms with Gasteiger partial charge in [0.1, 0.15) is 0 Å². The van der Waals surface area contributed by atoms with Gasteiger partial charge < -0.3 is 10.4 Å². The number of rotatable bonds is 9. The van der Waals surface area contributed by atoms with Gasteiger partial charge >= 0.3 is 0 Å². The van der Waals surface area contributed by atoms with Gasteiger partial charge in [-0.25, -0.2) is 13.6 Å². The molecule has 0 bridgehead atoms. The molecule has 0 saturated carbocycles. The number of hydrogen-bond donors (Lipinski definition) is 3. The summed E-state index contributed by atoms with van der Waals surface area (Å²) in [6, 6.07) is 0. The van der Waals surface area contributed by atoms with Crippen molar-refractivity contribution in [2.75, 3.05) is 37.0 Å². The molecule has 0 aliphatic carbocycles. The Kier molecular flexibility index (Phi) is 8.59. The second-order valence-electron chi connectivity index (χ2n) is 2.81. The Balaban J connectivity index is 3.07. The number of aliphatic hydroxyl groups excluding tert-OH is 1. The van der Waals surface area contributed by atoms with E-state index in [2.05, 4.69) is 5.32 Å². The number of hydrogen-bond acceptors (Lipinski definition) is 5. The molecule has 0 atom stereocenters. The van der Waals surface area contributed by atoms with E-state index in [9.17, 15) is 8.42 Å². The highest BCUT2D eigenvalue weighted by Crippen LogP contribution is 1.99. The third-order valence-electron chi connectivity index (χ3n) is 1.43. The third-order valence-corrected chi connectivity index (χ3v) is 3.28. The van der Waals surface area contributed by atoms with Crippen molar-refractivity contribution in [3.05, 3.63) is 0 Å². The number of nitrogens with one attached hydrogen (secondary N) is 1. The van der Waals surface area contributed by atoms with Crippen molar-refractivity contribution in [1.29, 1.82) is 0 Å². The standard InChI is InChI=1S/C7H18N2O3S2/c8-14(11,12)7-3-9-2-6-13-5-1-4-10/h9-10H,1-7H2,(H2,8,11,12). The third kappa shape index (κ3) is 12.2. The van der Waals surface area contributed by atoms with Crippen molar-refractivity contribution in [2.24, 2.45) is 5.14 Å². The van der Waals surface area contributed by atoms with E-state index in [0.29, 0.717) is 6.54 Å². The fraction of sp³-hybridized carbons (Fsp3) is 1.00. The number of sulfonamides is 1. The van der Waals surface area contributed by atoms with E-state index >= 15 is 0 Å².